The number of anilines is 1. The van der Waals surface area contributed by atoms with Gasteiger partial charge in [-0.3, -0.25) is 9.59 Å². The summed E-state index contributed by atoms with van der Waals surface area (Å²) in [6.07, 6.45) is 0. The molecule has 0 unspecified atom stereocenters. The second-order valence-corrected chi connectivity index (χ2v) is 5.34. The van der Waals surface area contributed by atoms with Crippen LogP contribution in [-0.4, -0.2) is 17.5 Å². The number of carbonyl (C=O) groups excluding carboxylic acids is 2. The number of benzene rings is 2. The molecule has 0 bridgehead atoms. The fourth-order valence-electron chi connectivity index (χ4n) is 1.86. The first-order chi connectivity index (χ1) is 11.0. The largest absolute Gasteiger partial charge is 0.326 e. The van der Waals surface area contributed by atoms with Crippen LogP contribution in [0.4, 0.5) is 5.69 Å². The molecule has 0 fully saturated rings. The Balaban J connectivity index is 2.03. The van der Waals surface area contributed by atoms with Crippen LogP contribution in [0.25, 0.3) is 0 Å². The van der Waals surface area contributed by atoms with Crippen LogP contribution in [0.3, 0.4) is 0 Å². The van der Waals surface area contributed by atoms with Crippen molar-refractivity contribution in [2.75, 3.05) is 5.32 Å². The van der Waals surface area contributed by atoms with Crippen LogP contribution in [-0.2, 0) is 4.79 Å². The zero-order valence-corrected chi connectivity index (χ0v) is 13.5. The van der Waals surface area contributed by atoms with Crippen LogP contribution in [0.2, 0.25) is 5.02 Å². The Hall–Kier alpha value is -2.66. The first kappa shape index (κ1) is 16.7. The van der Waals surface area contributed by atoms with E-state index in [1.165, 1.54) is 6.92 Å². The van der Waals surface area contributed by atoms with Crippen molar-refractivity contribution in [2.24, 2.45) is 5.10 Å². The molecule has 6 heteroatoms. The molecule has 23 heavy (non-hydrogen) atoms. The summed E-state index contributed by atoms with van der Waals surface area (Å²) in [7, 11) is 0. The fraction of sp³-hybridized carbons (Fsp3) is 0.118. The summed E-state index contributed by atoms with van der Waals surface area (Å²) < 4.78 is 0. The smallest absolute Gasteiger partial charge is 0.271 e. The van der Waals surface area contributed by atoms with Gasteiger partial charge >= 0.3 is 0 Å². The van der Waals surface area contributed by atoms with E-state index in [0.717, 1.165) is 5.56 Å². The standard InChI is InChI=1S/C17H16ClN3O2/c1-11(13-5-9-16(10-6-13)19-12(2)22)20-21-17(23)14-3-7-15(18)8-4-14/h3-10H,1-2H3,(H,19,22)(H,21,23)/b20-11-. The molecular formula is C17H16ClN3O2. The Kier molecular flexibility index (Phi) is 5.49. The molecule has 118 valence electrons. The summed E-state index contributed by atoms with van der Waals surface area (Å²) in [5, 5.41) is 7.34. The van der Waals surface area contributed by atoms with Crippen LogP contribution >= 0.6 is 11.6 Å². The highest BCUT2D eigenvalue weighted by Gasteiger charge is 2.05. The van der Waals surface area contributed by atoms with Crippen molar-refractivity contribution in [3.63, 3.8) is 0 Å². The molecule has 0 saturated carbocycles. The maximum Gasteiger partial charge on any atom is 0.271 e. The van der Waals surface area contributed by atoms with Gasteiger partial charge in [0.2, 0.25) is 5.91 Å². The SMILES string of the molecule is CC(=O)Nc1ccc(/C(C)=N\NC(=O)c2ccc(Cl)cc2)cc1. The van der Waals surface area contributed by atoms with Crippen molar-refractivity contribution < 1.29 is 9.59 Å². The maximum absolute atomic E-state index is 12.0. The van der Waals surface area contributed by atoms with Gasteiger partial charge in [-0.2, -0.15) is 5.10 Å². The summed E-state index contributed by atoms with van der Waals surface area (Å²) in [5.41, 5.74) is 5.18. The van der Waals surface area contributed by atoms with E-state index < -0.39 is 0 Å². The lowest BCUT2D eigenvalue weighted by Crippen LogP contribution is -2.19. The van der Waals surface area contributed by atoms with Crippen molar-refractivity contribution in [1.29, 1.82) is 0 Å². The van der Waals surface area contributed by atoms with Gasteiger partial charge in [0.15, 0.2) is 0 Å². The van der Waals surface area contributed by atoms with Crippen molar-refractivity contribution in [2.45, 2.75) is 13.8 Å². The Labute approximate surface area is 139 Å². The summed E-state index contributed by atoms with van der Waals surface area (Å²) >= 11 is 5.78. The van der Waals surface area contributed by atoms with E-state index in [0.29, 0.717) is 22.0 Å². The molecule has 5 nitrogen and oxygen atoms in total. The maximum atomic E-state index is 12.0. The number of halogens is 1. The van der Waals surface area contributed by atoms with Crippen LogP contribution in [0.15, 0.2) is 53.6 Å². The first-order valence-corrected chi connectivity index (χ1v) is 7.32. The number of hydrogen-bond acceptors (Lipinski definition) is 3. The highest BCUT2D eigenvalue weighted by atomic mass is 35.5. The summed E-state index contributed by atoms with van der Waals surface area (Å²) in [6.45, 7) is 3.24. The molecule has 0 spiro atoms. The predicted octanol–water partition coefficient (Wildman–Crippen LogP) is 3.45. The van der Waals surface area contributed by atoms with E-state index in [1.807, 2.05) is 12.1 Å². The quantitative estimate of drug-likeness (QED) is 0.666. The van der Waals surface area contributed by atoms with Crippen molar-refractivity contribution >= 4 is 34.8 Å². The Bertz CT molecular complexity index is 737. The van der Waals surface area contributed by atoms with Gasteiger partial charge in [0, 0.05) is 23.2 Å². The summed E-state index contributed by atoms with van der Waals surface area (Å²) in [6, 6.07) is 13.7. The molecule has 2 N–H and O–H groups in total. The van der Waals surface area contributed by atoms with Gasteiger partial charge < -0.3 is 5.32 Å². The minimum absolute atomic E-state index is 0.127. The van der Waals surface area contributed by atoms with Gasteiger partial charge in [-0.1, -0.05) is 23.7 Å². The predicted molar refractivity (Wildman–Crippen MR) is 91.9 cm³/mol. The zero-order valence-electron chi connectivity index (χ0n) is 12.8. The fourth-order valence-corrected chi connectivity index (χ4v) is 1.99. The minimum atomic E-state index is -0.309. The molecule has 0 aromatic heterocycles. The normalized spacial score (nSPS) is 11.0. The third kappa shape index (κ3) is 4.93. The van der Waals surface area contributed by atoms with E-state index in [2.05, 4.69) is 15.8 Å². The third-order valence-electron chi connectivity index (χ3n) is 3.05. The third-order valence-corrected chi connectivity index (χ3v) is 3.31. The topological polar surface area (TPSA) is 70.6 Å². The average molecular weight is 330 g/mol. The van der Waals surface area contributed by atoms with Gasteiger partial charge in [0.25, 0.3) is 5.91 Å². The molecule has 0 heterocycles. The molecule has 0 aliphatic rings. The lowest BCUT2D eigenvalue weighted by Gasteiger charge is -2.05. The molecule has 2 amide bonds. The Morgan fingerprint density at radius 3 is 2.04 bits per heavy atom. The number of nitrogens with zero attached hydrogens (tertiary/aromatic N) is 1. The van der Waals surface area contributed by atoms with E-state index in [1.54, 1.807) is 43.3 Å². The molecule has 0 aliphatic heterocycles. The number of carbonyl (C=O) groups is 2. The van der Waals surface area contributed by atoms with E-state index in [4.69, 9.17) is 11.6 Å². The second kappa shape index (κ2) is 7.56. The van der Waals surface area contributed by atoms with Crippen molar-refractivity contribution in [3.8, 4) is 0 Å². The molecule has 0 atom stereocenters. The van der Waals surface area contributed by atoms with Gasteiger partial charge in [0.1, 0.15) is 0 Å². The first-order valence-electron chi connectivity index (χ1n) is 6.94. The highest BCUT2D eigenvalue weighted by Crippen LogP contribution is 2.11. The number of hydrazone groups is 1. The van der Waals surface area contributed by atoms with Crippen LogP contribution in [0.5, 0.6) is 0 Å². The average Bonchev–Trinajstić information content (AvgIpc) is 2.53. The molecule has 2 aromatic carbocycles. The van der Waals surface area contributed by atoms with Gasteiger partial charge in [0.05, 0.1) is 5.71 Å². The zero-order chi connectivity index (χ0) is 16.8. The molecule has 0 radical (unpaired) electrons. The van der Waals surface area contributed by atoms with Gasteiger partial charge in [-0.05, 0) is 48.9 Å². The molecule has 2 rings (SSSR count). The Morgan fingerprint density at radius 1 is 0.913 bits per heavy atom. The molecular weight excluding hydrogens is 314 g/mol. The van der Waals surface area contributed by atoms with Crippen LogP contribution < -0.4 is 10.7 Å². The molecule has 0 aliphatic carbocycles. The van der Waals surface area contributed by atoms with Crippen molar-refractivity contribution in [1.82, 2.24) is 5.43 Å². The van der Waals surface area contributed by atoms with Crippen LogP contribution in [0.1, 0.15) is 29.8 Å². The lowest BCUT2D eigenvalue weighted by atomic mass is 10.1. The summed E-state index contributed by atoms with van der Waals surface area (Å²) in [5.74, 6) is -0.436. The van der Waals surface area contributed by atoms with Crippen LogP contribution in [0, 0.1) is 0 Å². The monoisotopic (exact) mass is 329 g/mol. The number of amides is 2. The van der Waals surface area contributed by atoms with Gasteiger partial charge in [-0.15, -0.1) is 0 Å². The molecule has 2 aromatic rings. The van der Waals surface area contributed by atoms with E-state index in [9.17, 15) is 9.59 Å². The van der Waals surface area contributed by atoms with Crippen molar-refractivity contribution in [3.05, 3.63) is 64.7 Å². The van der Waals surface area contributed by atoms with Gasteiger partial charge in [-0.25, -0.2) is 5.43 Å². The Morgan fingerprint density at radius 2 is 1.48 bits per heavy atom. The van der Waals surface area contributed by atoms with E-state index in [-0.39, 0.29) is 11.8 Å². The second-order valence-electron chi connectivity index (χ2n) is 4.90. The molecule has 0 saturated heterocycles. The number of hydrogen-bond donors (Lipinski definition) is 2. The lowest BCUT2D eigenvalue weighted by molar-refractivity contribution is -0.114. The highest BCUT2D eigenvalue weighted by molar-refractivity contribution is 6.30. The number of rotatable bonds is 4. The number of nitrogens with one attached hydrogen (secondary N) is 2. The minimum Gasteiger partial charge on any atom is -0.326 e. The van der Waals surface area contributed by atoms with E-state index >= 15 is 0 Å². The summed E-state index contributed by atoms with van der Waals surface area (Å²) in [4.78, 5) is 22.9.